The molecule has 0 atom stereocenters. The standard InChI is InChI=1S/C18H23NO4/c1-5-7-13-8-9-15-14(10-13)12(3)17(23-15)18(21)19(4)11-16(20)22-6-2/h8-10H,5-7,11H2,1-4H3. The zero-order valence-electron chi connectivity index (χ0n) is 14.1. The largest absolute Gasteiger partial charge is 0.465 e. The number of carbonyl (C=O) groups is 2. The minimum absolute atomic E-state index is 0.0930. The van der Waals surface area contributed by atoms with E-state index >= 15 is 0 Å². The van der Waals surface area contributed by atoms with Crippen molar-refractivity contribution in [2.75, 3.05) is 20.2 Å². The van der Waals surface area contributed by atoms with Gasteiger partial charge in [0, 0.05) is 18.0 Å². The Morgan fingerprint density at radius 3 is 2.65 bits per heavy atom. The molecule has 0 bridgehead atoms. The van der Waals surface area contributed by atoms with Crippen molar-refractivity contribution in [2.24, 2.45) is 0 Å². The van der Waals surface area contributed by atoms with E-state index in [1.54, 1.807) is 14.0 Å². The molecule has 1 heterocycles. The Bertz CT molecular complexity index is 717. The zero-order valence-corrected chi connectivity index (χ0v) is 14.1. The maximum Gasteiger partial charge on any atom is 0.325 e. The van der Waals surface area contributed by atoms with E-state index in [9.17, 15) is 9.59 Å². The summed E-state index contributed by atoms with van der Waals surface area (Å²) in [5.41, 5.74) is 2.72. The molecule has 5 nitrogen and oxygen atoms in total. The molecule has 0 saturated heterocycles. The lowest BCUT2D eigenvalue weighted by molar-refractivity contribution is -0.143. The van der Waals surface area contributed by atoms with Crippen LogP contribution in [0.5, 0.6) is 0 Å². The molecule has 0 aliphatic rings. The number of hydrogen-bond acceptors (Lipinski definition) is 4. The van der Waals surface area contributed by atoms with Crippen LogP contribution in [0.1, 0.15) is 41.9 Å². The van der Waals surface area contributed by atoms with Crippen molar-refractivity contribution in [3.63, 3.8) is 0 Å². The fourth-order valence-corrected chi connectivity index (χ4v) is 2.56. The Hall–Kier alpha value is -2.30. The molecule has 0 saturated carbocycles. The van der Waals surface area contributed by atoms with E-state index in [0.29, 0.717) is 12.2 Å². The van der Waals surface area contributed by atoms with Gasteiger partial charge in [-0.05, 0) is 38.0 Å². The summed E-state index contributed by atoms with van der Waals surface area (Å²) in [7, 11) is 1.56. The van der Waals surface area contributed by atoms with Crippen LogP contribution in [-0.2, 0) is 16.0 Å². The van der Waals surface area contributed by atoms with Gasteiger partial charge in [-0.3, -0.25) is 9.59 Å². The second-order valence-electron chi connectivity index (χ2n) is 5.60. The number of hydrogen-bond donors (Lipinski definition) is 0. The van der Waals surface area contributed by atoms with Gasteiger partial charge in [0.05, 0.1) is 6.61 Å². The number of furan rings is 1. The monoisotopic (exact) mass is 317 g/mol. The van der Waals surface area contributed by atoms with Gasteiger partial charge in [-0.1, -0.05) is 19.4 Å². The number of likely N-dealkylation sites (N-methyl/N-ethyl adjacent to an activating group) is 1. The van der Waals surface area contributed by atoms with Crippen molar-refractivity contribution in [3.05, 3.63) is 35.1 Å². The van der Waals surface area contributed by atoms with Gasteiger partial charge in [0.15, 0.2) is 5.76 Å². The summed E-state index contributed by atoms with van der Waals surface area (Å²) < 4.78 is 10.6. The van der Waals surface area contributed by atoms with Gasteiger partial charge in [0.25, 0.3) is 5.91 Å². The van der Waals surface area contributed by atoms with Gasteiger partial charge >= 0.3 is 5.97 Å². The van der Waals surface area contributed by atoms with Crippen molar-refractivity contribution < 1.29 is 18.7 Å². The third-order valence-corrected chi connectivity index (χ3v) is 3.75. The highest BCUT2D eigenvalue weighted by atomic mass is 16.5. The van der Waals surface area contributed by atoms with Gasteiger partial charge in [0.1, 0.15) is 12.1 Å². The van der Waals surface area contributed by atoms with E-state index in [1.807, 2.05) is 19.1 Å². The molecular weight excluding hydrogens is 294 g/mol. The average Bonchev–Trinajstić information content (AvgIpc) is 2.84. The number of benzene rings is 1. The summed E-state index contributed by atoms with van der Waals surface area (Å²) in [5, 5.41) is 0.948. The van der Waals surface area contributed by atoms with Crippen LogP contribution in [0.3, 0.4) is 0 Å². The molecule has 5 heteroatoms. The van der Waals surface area contributed by atoms with Gasteiger partial charge in [0.2, 0.25) is 0 Å². The lowest BCUT2D eigenvalue weighted by Crippen LogP contribution is -2.33. The van der Waals surface area contributed by atoms with Crippen molar-refractivity contribution in [3.8, 4) is 0 Å². The molecule has 1 amide bonds. The first-order valence-electron chi connectivity index (χ1n) is 7.91. The molecule has 0 radical (unpaired) electrons. The molecule has 1 aromatic carbocycles. The van der Waals surface area contributed by atoms with Crippen molar-refractivity contribution >= 4 is 22.8 Å². The number of fused-ring (bicyclic) bond motifs is 1. The minimum atomic E-state index is -0.428. The summed E-state index contributed by atoms with van der Waals surface area (Å²) >= 11 is 0. The number of amides is 1. The molecule has 0 aliphatic carbocycles. The van der Waals surface area contributed by atoms with E-state index in [4.69, 9.17) is 9.15 Å². The highest BCUT2D eigenvalue weighted by Gasteiger charge is 2.22. The average molecular weight is 317 g/mol. The van der Waals surface area contributed by atoms with Crippen LogP contribution < -0.4 is 0 Å². The molecule has 2 aromatic rings. The Morgan fingerprint density at radius 2 is 2.00 bits per heavy atom. The molecule has 0 fully saturated rings. The number of nitrogens with zero attached hydrogens (tertiary/aromatic N) is 1. The summed E-state index contributed by atoms with van der Waals surface area (Å²) in [6, 6.07) is 5.99. The topological polar surface area (TPSA) is 59.8 Å². The molecule has 124 valence electrons. The van der Waals surface area contributed by atoms with Crippen molar-refractivity contribution in [1.82, 2.24) is 4.90 Å². The third kappa shape index (κ3) is 3.73. The van der Waals surface area contributed by atoms with Crippen LogP contribution in [0.4, 0.5) is 0 Å². The maximum absolute atomic E-state index is 12.5. The van der Waals surface area contributed by atoms with Crippen LogP contribution in [0.15, 0.2) is 22.6 Å². The second-order valence-corrected chi connectivity index (χ2v) is 5.60. The Morgan fingerprint density at radius 1 is 1.26 bits per heavy atom. The normalized spacial score (nSPS) is 10.8. The van der Waals surface area contributed by atoms with Crippen molar-refractivity contribution in [1.29, 1.82) is 0 Å². The minimum Gasteiger partial charge on any atom is -0.465 e. The highest BCUT2D eigenvalue weighted by molar-refractivity contribution is 6.00. The van der Waals surface area contributed by atoms with Gasteiger partial charge in [-0.2, -0.15) is 0 Å². The predicted octanol–water partition coefficient (Wildman–Crippen LogP) is 3.33. The Balaban J connectivity index is 2.26. The summed E-state index contributed by atoms with van der Waals surface area (Å²) in [6.07, 6.45) is 2.06. The second kappa shape index (κ2) is 7.31. The lowest BCUT2D eigenvalue weighted by atomic mass is 10.1. The van der Waals surface area contributed by atoms with Crippen LogP contribution >= 0.6 is 0 Å². The molecule has 0 unspecified atom stereocenters. The van der Waals surface area contributed by atoms with Gasteiger partial charge in [-0.15, -0.1) is 0 Å². The Kier molecular flexibility index (Phi) is 5.42. The molecule has 0 N–H and O–H groups in total. The smallest absolute Gasteiger partial charge is 0.325 e. The molecule has 1 aromatic heterocycles. The van der Waals surface area contributed by atoms with Gasteiger partial charge in [-0.25, -0.2) is 0 Å². The van der Waals surface area contributed by atoms with E-state index < -0.39 is 5.97 Å². The first-order chi connectivity index (χ1) is 11.0. The van der Waals surface area contributed by atoms with E-state index in [1.165, 1.54) is 10.5 Å². The van der Waals surface area contributed by atoms with E-state index in [0.717, 1.165) is 23.8 Å². The van der Waals surface area contributed by atoms with E-state index in [-0.39, 0.29) is 18.2 Å². The molecule has 0 spiro atoms. The quantitative estimate of drug-likeness (QED) is 0.767. The number of aryl methyl sites for hydroxylation is 2. The summed E-state index contributed by atoms with van der Waals surface area (Å²) in [5.74, 6) is -0.466. The predicted molar refractivity (Wildman–Crippen MR) is 88.5 cm³/mol. The molecule has 2 rings (SSSR count). The SMILES string of the molecule is CCCc1ccc2oc(C(=O)N(C)CC(=O)OCC)c(C)c2c1. The fraction of sp³-hybridized carbons (Fsp3) is 0.444. The Labute approximate surface area is 136 Å². The van der Waals surface area contributed by atoms with Crippen LogP contribution in [0.2, 0.25) is 0 Å². The zero-order chi connectivity index (χ0) is 17.0. The third-order valence-electron chi connectivity index (χ3n) is 3.75. The van der Waals surface area contributed by atoms with E-state index in [2.05, 4.69) is 13.0 Å². The first kappa shape index (κ1) is 17.1. The van der Waals surface area contributed by atoms with Crippen LogP contribution in [0.25, 0.3) is 11.0 Å². The van der Waals surface area contributed by atoms with Gasteiger partial charge < -0.3 is 14.1 Å². The summed E-state index contributed by atoms with van der Waals surface area (Å²) in [4.78, 5) is 25.3. The highest BCUT2D eigenvalue weighted by Crippen LogP contribution is 2.27. The van der Waals surface area contributed by atoms with Crippen LogP contribution in [0, 0.1) is 6.92 Å². The molecular formula is C18H23NO4. The first-order valence-corrected chi connectivity index (χ1v) is 7.91. The number of esters is 1. The number of ether oxygens (including phenoxy) is 1. The summed E-state index contributed by atoms with van der Waals surface area (Å²) in [6.45, 7) is 5.94. The maximum atomic E-state index is 12.5. The molecule has 0 aliphatic heterocycles. The van der Waals surface area contributed by atoms with Crippen LogP contribution in [-0.4, -0.2) is 37.0 Å². The lowest BCUT2D eigenvalue weighted by Gasteiger charge is -2.14. The number of carbonyl (C=O) groups excluding carboxylic acids is 2. The fourth-order valence-electron chi connectivity index (χ4n) is 2.56. The van der Waals surface area contributed by atoms with Crippen molar-refractivity contribution in [2.45, 2.75) is 33.6 Å². The molecule has 23 heavy (non-hydrogen) atoms. The number of rotatable bonds is 6.